The van der Waals surface area contributed by atoms with Crippen LogP contribution in [0.3, 0.4) is 0 Å². The second-order valence-corrected chi connectivity index (χ2v) is 6.64. The molecule has 112 valence electrons. The number of rotatable bonds is 7. The van der Waals surface area contributed by atoms with E-state index in [2.05, 4.69) is 15.0 Å². The highest BCUT2D eigenvalue weighted by molar-refractivity contribution is 7.89. The summed E-state index contributed by atoms with van der Waals surface area (Å²) in [6.07, 6.45) is 1.63. The standard InChI is InChI=1S/C12H19N3O4S/c1-8(2)6-10(12(16)17)15-11-5-4-9(7-14-11)20(18,19)13-3/h4-5,7-8,10,13H,6H2,1-3H3,(H,14,15)(H,16,17)/t10-/m1/s1. The van der Waals surface area contributed by atoms with E-state index in [4.69, 9.17) is 5.11 Å². The first kappa shape index (κ1) is 16.4. The van der Waals surface area contributed by atoms with E-state index in [-0.39, 0.29) is 10.8 Å². The van der Waals surface area contributed by atoms with Crippen LogP contribution in [0.15, 0.2) is 23.2 Å². The van der Waals surface area contributed by atoms with Crippen molar-refractivity contribution in [3.8, 4) is 0 Å². The van der Waals surface area contributed by atoms with Crippen molar-refractivity contribution >= 4 is 21.8 Å². The van der Waals surface area contributed by atoms with Crippen LogP contribution in [-0.2, 0) is 14.8 Å². The van der Waals surface area contributed by atoms with Gasteiger partial charge in [-0.3, -0.25) is 0 Å². The molecule has 8 heteroatoms. The summed E-state index contributed by atoms with van der Waals surface area (Å²) in [6.45, 7) is 3.85. The predicted octanol–water partition coefficient (Wildman–Crippen LogP) is 0.901. The number of carboxylic acids is 1. The van der Waals surface area contributed by atoms with E-state index < -0.39 is 22.0 Å². The minimum atomic E-state index is -3.54. The average molecular weight is 301 g/mol. The Labute approximate surface area is 118 Å². The number of carbonyl (C=O) groups is 1. The number of aliphatic carboxylic acids is 1. The SMILES string of the molecule is CNS(=O)(=O)c1ccc(N[C@H](CC(C)C)C(=O)O)nc1. The fourth-order valence-electron chi connectivity index (χ4n) is 1.61. The summed E-state index contributed by atoms with van der Waals surface area (Å²) in [5.41, 5.74) is 0. The van der Waals surface area contributed by atoms with Gasteiger partial charge in [0.25, 0.3) is 0 Å². The number of pyridine rings is 1. The van der Waals surface area contributed by atoms with Gasteiger partial charge in [0.2, 0.25) is 10.0 Å². The van der Waals surface area contributed by atoms with Crippen molar-refractivity contribution in [3.05, 3.63) is 18.3 Å². The van der Waals surface area contributed by atoms with Gasteiger partial charge < -0.3 is 10.4 Å². The number of carboxylic acid groups (broad SMARTS) is 1. The molecular weight excluding hydrogens is 282 g/mol. The normalized spacial score (nSPS) is 13.2. The lowest BCUT2D eigenvalue weighted by molar-refractivity contribution is -0.138. The lowest BCUT2D eigenvalue weighted by Crippen LogP contribution is -2.31. The zero-order chi connectivity index (χ0) is 15.3. The second-order valence-electron chi connectivity index (χ2n) is 4.75. The monoisotopic (exact) mass is 301 g/mol. The zero-order valence-electron chi connectivity index (χ0n) is 11.6. The largest absolute Gasteiger partial charge is 0.480 e. The van der Waals surface area contributed by atoms with Crippen molar-refractivity contribution in [2.45, 2.75) is 31.2 Å². The van der Waals surface area contributed by atoms with Gasteiger partial charge in [-0.2, -0.15) is 0 Å². The van der Waals surface area contributed by atoms with E-state index >= 15 is 0 Å². The first-order valence-corrected chi connectivity index (χ1v) is 7.63. The average Bonchev–Trinajstić information content (AvgIpc) is 2.38. The maximum Gasteiger partial charge on any atom is 0.326 e. The van der Waals surface area contributed by atoms with Crippen LogP contribution < -0.4 is 10.0 Å². The summed E-state index contributed by atoms with van der Waals surface area (Å²) < 4.78 is 25.2. The molecule has 3 N–H and O–H groups in total. The molecule has 1 aromatic heterocycles. The van der Waals surface area contributed by atoms with Crippen molar-refractivity contribution in [2.24, 2.45) is 5.92 Å². The van der Waals surface area contributed by atoms with Crippen LogP contribution in [-0.4, -0.2) is 37.6 Å². The Morgan fingerprint density at radius 3 is 2.45 bits per heavy atom. The molecule has 0 amide bonds. The first-order valence-electron chi connectivity index (χ1n) is 6.15. The summed E-state index contributed by atoms with van der Waals surface area (Å²) in [4.78, 5) is 15.1. The first-order chi connectivity index (χ1) is 9.26. The maximum absolute atomic E-state index is 11.5. The molecule has 0 bridgehead atoms. The molecule has 0 aliphatic heterocycles. The van der Waals surface area contributed by atoms with Gasteiger partial charge in [-0.15, -0.1) is 0 Å². The highest BCUT2D eigenvalue weighted by atomic mass is 32.2. The predicted molar refractivity (Wildman–Crippen MR) is 75.0 cm³/mol. The molecule has 7 nitrogen and oxygen atoms in total. The molecule has 0 spiro atoms. The number of hydrogen-bond donors (Lipinski definition) is 3. The highest BCUT2D eigenvalue weighted by Crippen LogP contribution is 2.14. The molecule has 0 aliphatic rings. The van der Waals surface area contributed by atoms with Crippen LogP contribution in [0.2, 0.25) is 0 Å². The fourth-order valence-corrected chi connectivity index (χ4v) is 2.29. The van der Waals surface area contributed by atoms with Gasteiger partial charge in [0.05, 0.1) is 0 Å². The van der Waals surface area contributed by atoms with Crippen molar-refractivity contribution in [1.29, 1.82) is 0 Å². The number of sulfonamides is 1. The van der Waals surface area contributed by atoms with Crippen LogP contribution in [0.1, 0.15) is 20.3 Å². The topological polar surface area (TPSA) is 108 Å². The van der Waals surface area contributed by atoms with E-state index in [0.29, 0.717) is 12.2 Å². The lowest BCUT2D eigenvalue weighted by atomic mass is 10.0. The fraction of sp³-hybridized carbons (Fsp3) is 0.500. The van der Waals surface area contributed by atoms with E-state index in [0.717, 1.165) is 0 Å². The Balaban J connectivity index is 2.86. The minimum absolute atomic E-state index is 0.0290. The highest BCUT2D eigenvalue weighted by Gasteiger charge is 2.19. The van der Waals surface area contributed by atoms with Crippen molar-refractivity contribution < 1.29 is 18.3 Å². The molecule has 1 rings (SSSR count). The third-order valence-electron chi connectivity index (χ3n) is 2.64. The Morgan fingerprint density at radius 2 is 2.05 bits per heavy atom. The van der Waals surface area contributed by atoms with Gasteiger partial charge in [0, 0.05) is 6.20 Å². The number of anilines is 1. The smallest absolute Gasteiger partial charge is 0.326 e. The molecule has 0 unspecified atom stereocenters. The molecule has 0 saturated carbocycles. The summed E-state index contributed by atoms with van der Waals surface area (Å²) in [5, 5.41) is 11.9. The van der Waals surface area contributed by atoms with E-state index in [1.165, 1.54) is 25.4 Å². The third kappa shape index (κ3) is 4.46. The molecule has 1 atom stereocenters. The number of aromatic nitrogens is 1. The quantitative estimate of drug-likeness (QED) is 0.690. The maximum atomic E-state index is 11.5. The molecule has 0 aromatic carbocycles. The summed E-state index contributed by atoms with van der Waals surface area (Å²) in [5.74, 6) is -0.423. The van der Waals surface area contributed by atoms with Crippen molar-refractivity contribution in [1.82, 2.24) is 9.71 Å². The van der Waals surface area contributed by atoms with Gasteiger partial charge in [-0.25, -0.2) is 22.9 Å². The number of hydrogen-bond acceptors (Lipinski definition) is 5. The molecule has 20 heavy (non-hydrogen) atoms. The Bertz CT molecular complexity index is 555. The van der Waals surface area contributed by atoms with E-state index in [1.54, 1.807) is 0 Å². The Kier molecular flexibility index (Phi) is 5.46. The zero-order valence-corrected chi connectivity index (χ0v) is 12.4. The molecule has 0 aliphatic carbocycles. The molecule has 0 saturated heterocycles. The van der Waals surface area contributed by atoms with E-state index in [1.807, 2.05) is 13.8 Å². The Morgan fingerprint density at radius 1 is 1.40 bits per heavy atom. The number of nitrogens with zero attached hydrogens (tertiary/aromatic N) is 1. The summed E-state index contributed by atoms with van der Waals surface area (Å²) in [7, 11) is -2.23. The van der Waals surface area contributed by atoms with Crippen LogP contribution in [0.4, 0.5) is 5.82 Å². The van der Waals surface area contributed by atoms with Gasteiger partial charge in [-0.05, 0) is 31.5 Å². The van der Waals surface area contributed by atoms with Crippen molar-refractivity contribution in [2.75, 3.05) is 12.4 Å². The summed E-state index contributed by atoms with van der Waals surface area (Å²) >= 11 is 0. The van der Waals surface area contributed by atoms with Gasteiger partial charge in [0.1, 0.15) is 16.8 Å². The van der Waals surface area contributed by atoms with Gasteiger partial charge >= 0.3 is 5.97 Å². The van der Waals surface area contributed by atoms with Gasteiger partial charge in [-0.1, -0.05) is 13.8 Å². The number of nitrogens with one attached hydrogen (secondary N) is 2. The molecule has 0 fully saturated rings. The molecular formula is C12H19N3O4S. The third-order valence-corrected chi connectivity index (χ3v) is 4.04. The molecule has 1 heterocycles. The molecule has 1 aromatic rings. The summed E-state index contributed by atoms with van der Waals surface area (Å²) in [6, 6.07) is 2.06. The van der Waals surface area contributed by atoms with Crippen molar-refractivity contribution in [3.63, 3.8) is 0 Å². The van der Waals surface area contributed by atoms with Crippen LogP contribution >= 0.6 is 0 Å². The van der Waals surface area contributed by atoms with Crippen LogP contribution in [0.25, 0.3) is 0 Å². The van der Waals surface area contributed by atoms with Crippen LogP contribution in [0.5, 0.6) is 0 Å². The Hall–Kier alpha value is -1.67. The lowest BCUT2D eigenvalue weighted by Gasteiger charge is -2.17. The minimum Gasteiger partial charge on any atom is -0.480 e. The van der Waals surface area contributed by atoms with Crippen LogP contribution in [0, 0.1) is 5.92 Å². The van der Waals surface area contributed by atoms with E-state index in [9.17, 15) is 13.2 Å². The van der Waals surface area contributed by atoms with Gasteiger partial charge in [0.15, 0.2) is 0 Å². The second kappa shape index (κ2) is 6.67. The molecule has 0 radical (unpaired) electrons.